The predicted molar refractivity (Wildman–Crippen MR) is 118 cm³/mol. The number of para-hydroxylation sites is 1. The number of halogens is 1. The van der Waals surface area contributed by atoms with Crippen LogP contribution in [0.1, 0.15) is 10.4 Å². The summed E-state index contributed by atoms with van der Waals surface area (Å²) in [6.45, 7) is 0. The van der Waals surface area contributed by atoms with Crippen LogP contribution in [0.2, 0.25) is 5.02 Å². The number of hydrogen-bond acceptors (Lipinski definition) is 5. The van der Waals surface area contributed by atoms with Crippen molar-refractivity contribution >= 4 is 58.1 Å². The second-order valence-electron chi connectivity index (χ2n) is 5.67. The number of rotatable bonds is 8. The van der Waals surface area contributed by atoms with Crippen LogP contribution >= 0.6 is 46.5 Å². The molecule has 7 heteroatoms. The fourth-order valence-corrected chi connectivity index (χ4v) is 5.20. The lowest BCUT2D eigenvalue weighted by molar-refractivity contribution is 0.102. The minimum atomic E-state index is -0.429. The molecular formula is C20H18ClNO2S3. The second-order valence-corrected chi connectivity index (χ2v) is 9.43. The maximum Gasteiger partial charge on any atom is 0.255 e. The van der Waals surface area contributed by atoms with Crippen LogP contribution in [-0.4, -0.2) is 28.6 Å². The molecule has 0 fully saturated rings. The van der Waals surface area contributed by atoms with Crippen molar-refractivity contribution in [1.29, 1.82) is 0 Å². The first kappa shape index (κ1) is 20.3. The van der Waals surface area contributed by atoms with Crippen molar-refractivity contribution in [3.8, 4) is 0 Å². The van der Waals surface area contributed by atoms with E-state index in [-0.39, 0.29) is 5.91 Å². The van der Waals surface area contributed by atoms with Crippen LogP contribution < -0.4 is 5.32 Å². The Kier molecular flexibility index (Phi) is 7.67. The van der Waals surface area contributed by atoms with E-state index in [0.29, 0.717) is 22.1 Å². The van der Waals surface area contributed by atoms with Gasteiger partial charge < -0.3 is 10.4 Å². The quantitative estimate of drug-likeness (QED) is 0.432. The topological polar surface area (TPSA) is 49.3 Å². The molecular weight excluding hydrogens is 418 g/mol. The molecule has 0 aliphatic carbocycles. The molecule has 1 atom stereocenters. The number of carbonyl (C=O) groups is 1. The normalized spacial score (nSPS) is 11.9. The van der Waals surface area contributed by atoms with E-state index in [1.807, 2.05) is 35.7 Å². The lowest BCUT2D eigenvalue weighted by Crippen LogP contribution is -2.14. The Morgan fingerprint density at radius 2 is 1.78 bits per heavy atom. The fourth-order valence-electron chi connectivity index (χ4n) is 2.25. The van der Waals surface area contributed by atoms with Crippen LogP contribution in [0.4, 0.5) is 5.69 Å². The number of carbonyl (C=O) groups excluding carboxylic acids is 1. The van der Waals surface area contributed by atoms with Crippen LogP contribution in [0.15, 0.2) is 75.1 Å². The van der Waals surface area contributed by atoms with Crippen molar-refractivity contribution in [3.05, 3.63) is 76.6 Å². The van der Waals surface area contributed by atoms with Crippen molar-refractivity contribution < 1.29 is 9.90 Å². The van der Waals surface area contributed by atoms with E-state index in [2.05, 4.69) is 11.4 Å². The zero-order valence-electron chi connectivity index (χ0n) is 14.3. The Bertz CT molecular complexity index is 869. The van der Waals surface area contributed by atoms with E-state index in [1.54, 1.807) is 47.4 Å². The summed E-state index contributed by atoms with van der Waals surface area (Å²) in [6, 6.07) is 18.4. The van der Waals surface area contributed by atoms with Crippen molar-refractivity contribution in [2.75, 3.05) is 16.8 Å². The first-order valence-electron chi connectivity index (χ1n) is 8.25. The first-order valence-corrected chi connectivity index (χ1v) is 11.5. The molecule has 1 aromatic heterocycles. The summed E-state index contributed by atoms with van der Waals surface area (Å²) < 4.78 is 1.20. The zero-order chi connectivity index (χ0) is 19.1. The molecule has 0 spiro atoms. The number of amides is 1. The zero-order valence-corrected chi connectivity index (χ0v) is 17.5. The molecule has 27 heavy (non-hydrogen) atoms. The summed E-state index contributed by atoms with van der Waals surface area (Å²) in [6.07, 6.45) is -0.429. The Morgan fingerprint density at radius 3 is 2.52 bits per heavy atom. The van der Waals surface area contributed by atoms with E-state index in [4.69, 9.17) is 11.6 Å². The molecule has 1 amide bonds. The SMILES string of the molecule is O=C(Nc1ccccc1SC[C@H](O)CSc1cccs1)c1ccc(Cl)cc1. The maximum atomic E-state index is 12.4. The maximum absolute atomic E-state index is 12.4. The van der Waals surface area contributed by atoms with Gasteiger partial charge in [-0.05, 0) is 47.8 Å². The van der Waals surface area contributed by atoms with Crippen LogP contribution in [-0.2, 0) is 0 Å². The average molecular weight is 436 g/mol. The van der Waals surface area contributed by atoms with Crippen molar-refractivity contribution in [3.63, 3.8) is 0 Å². The summed E-state index contributed by atoms with van der Waals surface area (Å²) >= 11 is 10.7. The van der Waals surface area contributed by atoms with Crippen molar-refractivity contribution in [2.45, 2.75) is 15.2 Å². The van der Waals surface area contributed by atoms with Gasteiger partial charge in [-0.3, -0.25) is 4.79 Å². The summed E-state index contributed by atoms with van der Waals surface area (Å²) in [5.74, 6) is 1.02. The van der Waals surface area contributed by atoms with Gasteiger partial charge in [0.25, 0.3) is 5.91 Å². The largest absolute Gasteiger partial charge is 0.391 e. The molecule has 140 valence electrons. The second kappa shape index (κ2) is 10.2. The van der Waals surface area contributed by atoms with Gasteiger partial charge in [0, 0.05) is 27.0 Å². The molecule has 3 aromatic rings. The Morgan fingerprint density at radius 1 is 1.04 bits per heavy atom. The minimum absolute atomic E-state index is 0.187. The van der Waals surface area contributed by atoms with Gasteiger partial charge in [0.1, 0.15) is 0 Å². The molecule has 3 rings (SSSR count). The van der Waals surface area contributed by atoms with Gasteiger partial charge in [0.2, 0.25) is 0 Å². The monoisotopic (exact) mass is 435 g/mol. The molecule has 3 nitrogen and oxygen atoms in total. The summed E-state index contributed by atoms with van der Waals surface area (Å²) in [5.41, 5.74) is 1.28. The van der Waals surface area contributed by atoms with Gasteiger partial charge in [-0.1, -0.05) is 29.8 Å². The van der Waals surface area contributed by atoms with E-state index >= 15 is 0 Å². The third-order valence-corrected chi connectivity index (χ3v) is 7.33. The van der Waals surface area contributed by atoms with Gasteiger partial charge in [0.15, 0.2) is 0 Å². The smallest absolute Gasteiger partial charge is 0.255 e. The molecule has 2 aromatic carbocycles. The highest BCUT2D eigenvalue weighted by atomic mass is 35.5. The number of aliphatic hydroxyl groups is 1. The molecule has 0 radical (unpaired) electrons. The summed E-state index contributed by atoms with van der Waals surface area (Å²) in [4.78, 5) is 13.4. The summed E-state index contributed by atoms with van der Waals surface area (Å²) in [7, 11) is 0. The first-order chi connectivity index (χ1) is 13.1. The number of benzene rings is 2. The molecule has 1 heterocycles. The van der Waals surface area contributed by atoms with E-state index in [9.17, 15) is 9.90 Å². The molecule has 0 aliphatic heterocycles. The third-order valence-electron chi connectivity index (χ3n) is 3.59. The standard InChI is InChI=1S/C20H18ClNO2S3/c21-15-9-7-14(8-10-15)20(24)22-17-4-1-2-5-18(17)26-12-16(23)13-27-19-6-3-11-25-19/h1-11,16,23H,12-13H2,(H,22,24)/t16-/m0/s1. The minimum Gasteiger partial charge on any atom is -0.391 e. The molecule has 0 unspecified atom stereocenters. The average Bonchev–Trinajstić information content (AvgIpc) is 3.20. The summed E-state index contributed by atoms with van der Waals surface area (Å²) in [5, 5.41) is 15.8. The number of anilines is 1. The molecule has 0 saturated carbocycles. The molecule has 0 bridgehead atoms. The number of thioether (sulfide) groups is 2. The molecule has 0 saturated heterocycles. The van der Waals surface area contributed by atoms with Crippen molar-refractivity contribution in [1.82, 2.24) is 0 Å². The van der Waals surface area contributed by atoms with E-state index < -0.39 is 6.10 Å². The highest BCUT2D eigenvalue weighted by molar-refractivity contribution is 8.01. The van der Waals surface area contributed by atoms with Gasteiger partial charge in [-0.2, -0.15) is 0 Å². The number of hydrogen-bond donors (Lipinski definition) is 2. The van der Waals surface area contributed by atoms with Gasteiger partial charge in [0.05, 0.1) is 16.0 Å². The van der Waals surface area contributed by atoms with Gasteiger partial charge in [-0.15, -0.1) is 34.9 Å². The van der Waals surface area contributed by atoms with Crippen LogP contribution in [0.3, 0.4) is 0 Å². The number of thiophene rings is 1. The molecule has 2 N–H and O–H groups in total. The lowest BCUT2D eigenvalue weighted by atomic mass is 10.2. The fraction of sp³-hybridized carbons (Fsp3) is 0.150. The van der Waals surface area contributed by atoms with Crippen LogP contribution in [0, 0.1) is 0 Å². The molecule has 0 aliphatic rings. The highest BCUT2D eigenvalue weighted by Crippen LogP contribution is 2.30. The van der Waals surface area contributed by atoms with E-state index in [1.165, 1.54) is 16.0 Å². The van der Waals surface area contributed by atoms with Gasteiger partial charge >= 0.3 is 0 Å². The van der Waals surface area contributed by atoms with E-state index in [0.717, 1.165) is 10.6 Å². The number of aliphatic hydroxyl groups excluding tert-OH is 1. The van der Waals surface area contributed by atoms with Crippen molar-refractivity contribution in [2.24, 2.45) is 0 Å². The Hall–Kier alpha value is -1.44. The number of nitrogens with one attached hydrogen (secondary N) is 1. The predicted octanol–water partition coefficient (Wildman–Crippen LogP) is 5.90. The van der Waals surface area contributed by atoms with Crippen LogP contribution in [0.25, 0.3) is 0 Å². The Labute approximate surface area is 176 Å². The highest BCUT2D eigenvalue weighted by Gasteiger charge is 2.12. The van der Waals surface area contributed by atoms with Crippen LogP contribution in [0.5, 0.6) is 0 Å². The Balaban J connectivity index is 1.56. The third kappa shape index (κ3) is 6.30. The van der Waals surface area contributed by atoms with Gasteiger partial charge in [-0.25, -0.2) is 0 Å². The lowest BCUT2D eigenvalue weighted by Gasteiger charge is -2.13.